The summed E-state index contributed by atoms with van der Waals surface area (Å²) < 4.78 is 48.9. The van der Waals surface area contributed by atoms with Gasteiger partial charge in [0, 0.05) is 55.2 Å². The van der Waals surface area contributed by atoms with E-state index in [1.165, 1.54) is 6.07 Å². The smallest absolute Gasteiger partial charge is 0.318 e. The molecule has 8 nitrogen and oxygen atoms in total. The molecule has 0 amide bonds. The summed E-state index contributed by atoms with van der Waals surface area (Å²) in [7, 11) is 0. The second-order valence-corrected chi connectivity index (χ2v) is 12.9. The third-order valence-corrected chi connectivity index (χ3v) is 10.3. The van der Waals surface area contributed by atoms with Crippen LogP contribution < -0.4 is 15.4 Å². The first kappa shape index (κ1) is 27.6. The highest BCUT2D eigenvalue weighted by Crippen LogP contribution is 2.52. The van der Waals surface area contributed by atoms with Crippen LogP contribution in [-0.2, 0) is 28.1 Å². The molecule has 11 heteroatoms. The van der Waals surface area contributed by atoms with Crippen LogP contribution in [0.4, 0.5) is 20.3 Å². The van der Waals surface area contributed by atoms with Crippen molar-refractivity contribution in [1.29, 1.82) is 0 Å². The Balaban J connectivity index is 1.27. The molecule has 2 aromatic rings. The van der Waals surface area contributed by atoms with Crippen LogP contribution >= 0.6 is 11.6 Å². The lowest BCUT2D eigenvalue weighted by molar-refractivity contribution is -0.0893. The zero-order valence-corrected chi connectivity index (χ0v) is 24.3. The highest BCUT2D eigenvalue weighted by atomic mass is 35.5. The number of benzene rings is 1. The lowest BCUT2D eigenvalue weighted by Gasteiger charge is -2.45. The Labute approximate surface area is 244 Å². The van der Waals surface area contributed by atoms with Crippen molar-refractivity contribution in [2.24, 2.45) is 0 Å². The molecule has 4 atom stereocenters. The maximum atomic E-state index is 15.8. The molecule has 5 heterocycles. The molecule has 4 unspecified atom stereocenters. The van der Waals surface area contributed by atoms with E-state index in [4.69, 9.17) is 41.5 Å². The van der Waals surface area contributed by atoms with E-state index in [1.807, 2.05) is 0 Å². The van der Waals surface area contributed by atoms with E-state index >= 15 is 4.39 Å². The standard InChI is InChI=1S/C30H38ClF2N5O3/c1-18-4-6-30(25-24(18)21(31)12-22(34)26(25)33)14-23-20(16-41-30)27(37-7-3-10-39-11-9-37)36-28(35-23)40-17-29-5-2-8-38(29)15-19(32)13-29/h12,18-19H,2-11,13-17,34H2,1H3. The summed E-state index contributed by atoms with van der Waals surface area (Å²) >= 11 is 6.64. The number of nitrogens with zero attached hydrogens (tertiary/aromatic N) is 4. The summed E-state index contributed by atoms with van der Waals surface area (Å²) in [5.74, 6) is 0.396. The van der Waals surface area contributed by atoms with Crippen molar-refractivity contribution in [2.45, 2.75) is 81.7 Å². The number of nitrogens with two attached hydrogens (primary N) is 1. The number of hydrogen-bond donors (Lipinski definition) is 1. The molecule has 2 N–H and O–H groups in total. The zero-order chi connectivity index (χ0) is 28.4. The molecule has 222 valence electrons. The van der Waals surface area contributed by atoms with E-state index in [-0.39, 0.29) is 29.8 Å². The molecule has 1 aromatic carbocycles. The number of hydrogen-bond acceptors (Lipinski definition) is 8. The molecule has 7 rings (SSSR count). The quantitative estimate of drug-likeness (QED) is 0.504. The van der Waals surface area contributed by atoms with E-state index in [1.54, 1.807) is 0 Å². The SMILES string of the molecule is CC1CCC2(Cc3nc(OCC45CCCN4CC(F)C5)nc(N4CCCOCC4)c3CO2)c2c(F)c(N)cc(Cl)c21. The van der Waals surface area contributed by atoms with Crippen LogP contribution in [0.25, 0.3) is 0 Å². The highest BCUT2D eigenvalue weighted by Gasteiger charge is 2.50. The number of nitrogen functional groups attached to an aromatic ring is 1. The summed E-state index contributed by atoms with van der Waals surface area (Å²) in [6.45, 7) is 6.78. The van der Waals surface area contributed by atoms with Gasteiger partial charge in [0.15, 0.2) is 5.82 Å². The first-order chi connectivity index (χ1) is 19.8. The fraction of sp³-hybridized carbons (Fsp3) is 0.667. The van der Waals surface area contributed by atoms with Crippen molar-refractivity contribution in [2.75, 3.05) is 56.6 Å². The number of alkyl halides is 1. The largest absolute Gasteiger partial charge is 0.461 e. The zero-order valence-electron chi connectivity index (χ0n) is 23.6. The Kier molecular flexibility index (Phi) is 7.04. The second-order valence-electron chi connectivity index (χ2n) is 12.5. The van der Waals surface area contributed by atoms with Crippen LogP contribution in [0.2, 0.25) is 5.02 Å². The van der Waals surface area contributed by atoms with Crippen molar-refractivity contribution < 1.29 is 23.0 Å². The molecule has 1 spiro atoms. The fourth-order valence-corrected chi connectivity index (χ4v) is 8.28. The number of anilines is 2. The molecule has 41 heavy (non-hydrogen) atoms. The first-order valence-electron chi connectivity index (χ1n) is 14.9. The normalized spacial score (nSPS) is 31.6. The van der Waals surface area contributed by atoms with Gasteiger partial charge in [0.25, 0.3) is 0 Å². The van der Waals surface area contributed by atoms with Crippen LogP contribution in [0.1, 0.15) is 73.8 Å². The highest BCUT2D eigenvalue weighted by molar-refractivity contribution is 6.31. The van der Waals surface area contributed by atoms with E-state index < -0.39 is 17.6 Å². The Morgan fingerprint density at radius 3 is 2.95 bits per heavy atom. The minimum atomic E-state index is -0.934. The molecule has 1 aliphatic carbocycles. The Bertz CT molecular complexity index is 1340. The van der Waals surface area contributed by atoms with Crippen LogP contribution in [0.15, 0.2) is 6.07 Å². The van der Waals surface area contributed by atoms with Crippen LogP contribution in [0, 0.1) is 5.82 Å². The molecule has 3 saturated heterocycles. The molecule has 0 saturated carbocycles. The Hall–Kier alpha value is -2.27. The van der Waals surface area contributed by atoms with Gasteiger partial charge in [-0.25, -0.2) is 8.78 Å². The van der Waals surface area contributed by atoms with Gasteiger partial charge in [-0.2, -0.15) is 9.97 Å². The van der Waals surface area contributed by atoms with E-state index in [9.17, 15) is 4.39 Å². The van der Waals surface area contributed by atoms with Crippen molar-refractivity contribution in [3.63, 3.8) is 0 Å². The fourth-order valence-electron chi connectivity index (χ4n) is 7.88. The second kappa shape index (κ2) is 10.5. The maximum Gasteiger partial charge on any atom is 0.318 e. The summed E-state index contributed by atoms with van der Waals surface area (Å²) in [5, 5.41) is 0.472. The number of ether oxygens (including phenoxy) is 3. The van der Waals surface area contributed by atoms with Crippen molar-refractivity contribution in [3.05, 3.63) is 39.3 Å². The van der Waals surface area contributed by atoms with E-state index in [2.05, 4.69) is 16.7 Å². The molecule has 1 aromatic heterocycles. The van der Waals surface area contributed by atoms with Gasteiger partial charge in [0.05, 0.1) is 30.1 Å². The van der Waals surface area contributed by atoms with Gasteiger partial charge in [-0.3, -0.25) is 4.90 Å². The van der Waals surface area contributed by atoms with Gasteiger partial charge in [0.2, 0.25) is 0 Å². The van der Waals surface area contributed by atoms with Crippen LogP contribution in [0.5, 0.6) is 6.01 Å². The molecular formula is C30H38ClF2N5O3. The Morgan fingerprint density at radius 2 is 2.07 bits per heavy atom. The molecule has 0 bridgehead atoms. The Morgan fingerprint density at radius 1 is 1.20 bits per heavy atom. The maximum absolute atomic E-state index is 15.8. The summed E-state index contributed by atoms with van der Waals surface area (Å²) in [6, 6.07) is 1.78. The number of halogens is 3. The minimum Gasteiger partial charge on any atom is -0.461 e. The van der Waals surface area contributed by atoms with Gasteiger partial charge < -0.3 is 24.8 Å². The third kappa shape index (κ3) is 4.65. The molecule has 0 radical (unpaired) electrons. The first-order valence-corrected chi connectivity index (χ1v) is 15.3. The van der Waals surface area contributed by atoms with Crippen LogP contribution in [0.3, 0.4) is 0 Å². The molecule has 5 aliphatic rings. The van der Waals surface area contributed by atoms with E-state index in [0.717, 1.165) is 61.4 Å². The molecular weight excluding hydrogens is 552 g/mol. The monoisotopic (exact) mass is 589 g/mol. The van der Waals surface area contributed by atoms with Crippen molar-refractivity contribution in [1.82, 2.24) is 14.9 Å². The summed E-state index contributed by atoms with van der Waals surface area (Å²) in [5.41, 5.74) is 7.76. The number of aromatic nitrogens is 2. The predicted molar refractivity (Wildman–Crippen MR) is 152 cm³/mol. The number of fused-ring (bicyclic) bond motifs is 4. The summed E-state index contributed by atoms with van der Waals surface area (Å²) in [4.78, 5) is 14.3. The van der Waals surface area contributed by atoms with Crippen LogP contribution in [-0.4, -0.2) is 72.6 Å². The van der Waals surface area contributed by atoms with Gasteiger partial charge in [-0.15, -0.1) is 0 Å². The topological polar surface area (TPSA) is 86.0 Å². The van der Waals surface area contributed by atoms with Gasteiger partial charge in [-0.05, 0) is 56.2 Å². The third-order valence-electron chi connectivity index (χ3n) is 9.96. The average Bonchev–Trinajstić information content (AvgIpc) is 3.33. The molecule has 3 fully saturated rings. The van der Waals surface area contributed by atoms with E-state index in [0.29, 0.717) is 62.8 Å². The van der Waals surface area contributed by atoms with Gasteiger partial charge >= 0.3 is 6.01 Å². The minimum absolute atomic E-state index is 0.0247. The van der Waals surface area contributed by atoms with Crippen molar-refractivity contribution in [3.8, 4) is 6.01 Å². The number of rotatable bonds is 4. The predicted octanol–water partition coefficient (Wildman–Crippen LogP) is 4.90. The molecule has 4 aliphatic heterocycles. The lowest BCUT2D eigenvalue weighted by atomic mass is 9.70. The van der Waals surface area contributed by atoms with Gasteiger partial charge in [0.1, 0.15) is 24.2 Å². The van der Waals surface area contributed by atoms with Crippen molar-refractivity contribution >= 4 is 23.1 Å². The lowest BCUT2D eigenvalue weighted by Crippen LogP contribution is -2.44. The van der Waals surface area contributed by atoms with Gasteiger partial charge in [-0.1, -0.05) is 18.5 Å². The average molecular weight is 590 g/mol. The summed E-state index contributed by atoms with van der Waals surface area (Å²) in [6.07, 6.45) is 4.25.